The predicted octanol–water partition coefficient (Wildman–Crippen LogP) is 4.28. The molecule has 1 N–H and O–H groups in total. The highest BCUT2D eigenvalue weighted by molar-refractivity contribution is 6.31. The van der Waals surface area contributed by atoms with E-state index in [9.17, 15) is 9.59 Å². The molecule has 2 amide bonds. The molecule has 1 fully saturated rings. The fraction of sp³-hybridized carbons (Fsp3) is 0.300. The molecule has 0 aromatic heterocycles. The van der Waals surface area contributed by atoms with Crippen molar-refractivity contribution >= 4 is 34.8 Å². The molecule has 0 spiro atoms. The minimum Gasteiger partial charge on any atom is -0.322 e. The number of halogens is 1. The van der Waals surface area contributed by atoms with Crippen molar-refractivity contribution in [3.05, 3.63) is 58.6 Å². The summed E-state index contributed by atoms with van der Waals surface area (Å²) in [5.41, 5.74) is 3.31. The molecule has 1 heterocycles. The predicted molar refractivity (Wildman–Crippen MR) is 99.2 cm³/mol. The number of hydrogen-bond donors (Lipinski definition) is 1. The van der Waals surface area contributed by atoms with Crippen molar-refractivity contribution in [2.24, 2.45) is 5.92 Å². The largest absolute Gasteiger partial charge is 0.322 e. The second-order valence-electron chi connectivity index (χ2n) is 6.68. The average Bonchev–Trinajstić information content (AvgIpc) is 3.45. The number of fused-ring (bicyclic) bond motifs is 1. The lowest BCUT2D eigenvalue weighted by Crippen LogP contribution is -2.36. The number of carbonyl (C=O) groups is 2. The maximum absolute atomic E-state index is 12.5. The topological polar surface area (TPSA) is 49.4 Å². The van der Waals surface area contributed by atoms with Crippen LogP contribution in [0.1, 0.15) is 35.2 Å². The number of benzene rings is 2. The maximum atomic E-state index is 12.5. The molecule has 4 rings (SSSR count). The summed E-state index contributed by atoms with van der Waals surface area (Å²) in [5, 5.41) is 3.43. The Morgan fingerprint density at radius 1 is 1.12 bits per heavy atom. The Hall–Kier alpha value is -2.33. The Bertz CT molecular complexity index is 845. The van der Waals surface area contributed by atoms with Crippen molar-refractivity contribution in [2.45, 2.75) is 25.7 Å². The van der Waals surface area contributed by atoms with Crippen molar-refractivity contribution in [1.29, 1.82) is 0 Å². The highest BCUT2D eigenvalue weighted by atomic mass is 35.5. The van der Waals surface area contributed by atoms with E-state index >= 15 is 0 Å². The summed E-state index contributed by atoms with van der Waals surface area (Å²) >= 11 is 5.95. The smallest absolute Gasteiger partial charge is 0.255 e. The Morgan fingerprint density at radius 3 is 2.72 bits per heavy atom. The monoisotopic (exact) mass is 354 g/mol. The van der Waals surface area contributed by atoms with E-state index < -0.39 is 0 Å². The molecule has 5 heteroatoms. The number of anilines is 2. The minimum absolute atomic E-state index is 0.190. The molecule has 0 bridgehead atoms. The van der Waals surface area contributed by atoms with Crippen LogP contribution in [0.3, 0.4) is 0 Å². The summed E-state index contributed by atoms with van der Waals surface area (Å²) in [6.45, 7) is 0.758. The molecule has 2 aromatic carbocycles. The first kappa shape index (κ1) is 16.2. The molecule has 25 heavy (non-hydrogen) atoms. The summed E-state index contributed by atoms with van der Waals surface area (Å²) in [7, 11) is 0. The standard InChI is InChI=1S/C20H19ClN2O2/c21-16-5-1-3-15(11-16)19(24)22-17-9-8-13-4-2-10-23(18(13)12-17)20(25)14-6-7-14/h1,3,5,8-9,11-12,14H,2,4,6-7,10H2,(H,22,24). The van der Waals surface area contributed by atoms with Crippen molar-refractivity contribution in [1.82, 2.24) is 0 Å². The Kier molecular flexibility index (Phi) is 4.22. The summed E-state index contributed by atoms with van der Waals surface area (Å²) < 4.78 is 0. The van der Waals surface area contributed by atoms with E-state index in [2.05, 4.69) is 5.32 Å². The number of carbonyl (C=O) groups excluding carboxylic acids is 2. The van der Waals surface area contributed by atoms with Gasteiger partial charge in [-0.1, -0.05) is 23.7 Å². The number of rotatable bonds is 3. The van der Waals surface area contributed by atoms with Gasteiger partial charge in [-0.3, -0.25) is 9.59 Å². The molecular formula is C20H19ClN2O2. The van der Waals surface area contributed by atoms with E-state index in [1.807, 2.05) is 23.1 Å². The lowest BCUT2D eigenvalue weighted by atomic mass is 10.0. The van der Waals surface area contributed by atoms with Gasteiger partial charge in [0.15, 0.2) is 0 Å². The first-order valence-electron chi connectivity index (χ1n) is 8.63. The molecule has 0 saturated heterocycles. The highest BCUT2D eigenvalue weighted by Gasteiger charge is 2.35. The van der Waals surface area contributed by atoms with Crippen LogP contribution in [-0.4, -0.2) is 18.4 Å². The first-order valence-corrected chi connectivity index (χ1v) is 9.01. The second kappa shape index (κ2) is 6.52. The van der Waals surface area contributed by atoms with Crippen LogP contribution in [0.15, 0.2) is 42.5 Å². The molecule has 0 unspecified atom stereocenters. The summed E-state index contributed by atoms with van der Waals surface area (Å²) in [6.07, 6.45) is 3.94. The maximum Gasteiger partial charge on any atom is 0.255 e. The molecule has 1 saturated carbocycles. The molecule has 128 valence electrons. The van der Waals surface area contributed by atoms with Gasteiger partial charge < -0.3 is 10.2 Å². The first-order chi connectivity index (χ1) is 12.1. The second-order valence-corrected chi connectivity index (χ2v) is 7.11. The Labute approximate surface area is 151 Å². The molecule has 2 aromatic rings. The number of aryl methyl sites for hydroxylation is 1. The van der Waals surface area contributed by atoms with Gasteiger partial charge in [0.25, 0.3) is 5.91 Å². The zero-order valence-corrected chi connectivity index (χ0v) is 14.6. The Balaban J connectivity index is 1.58. The fourth-order valence-corrected chi connectivity index (χ4v) is 3.46. The molecular weight excluding hydrogens is 336 g/mol. The van der Waals surface area contributed by atoms with E-state index in [4.69, 9.17) is 11.6 Å². The van der Waals surface area contributed by atoms with Crippen LogP contribution >= 0.6 is 11.6 Å². The van der Waals surface area contributed by atoms with Crippen LogP contribution in [0.5, 0.6) is 0 Å². The van der Waals surface area contributed by atoms with E-state index in [0.29, 0.717) is 16.3 Å². The SMILES string of the molecule is O=C(Nc1ccc2c(c1)N(C(=O)C1CC1)CCC2)c1cccc(Cl)c1. The fourth-order valence-electron chi connectivity index (χ4n) is 3.26. The average molecular weight is 355 g/mol. The molecule has 2 aliphatic rings. The summed E-state index contributed by atoms with van der Waals surface area (Å²) in [6, 6.07) is 12.7. The van der Waals surface area contributed by atoms with Crippen LogP contribution in [0.4, 0.5) is 11.4 Å². The van der Waals surface area contributed by atoms with Crippen LogP contribution in [0.25, 0.3) is 0 Å². The van der Waals surface area contributed by atoms with Crippen molar-refractivity contribution in [3.63, 3.8) is 0 Å². The zero-order valence-electron chi connectivity index (χ0n) is 13.8. The van der Waals surface area contributed by atoms with Gasteiger partial charge in [-0.05, 0) is 61.6 Å². The van der Waals surface area contributed by atoms with Crippen LogP contribution in [0, 0.1) is 5.92 Å². The summed E-state index contributed by atoms with van der Waals surface area (Å²) in [4.78, 5) is 26.9. The third kappa shape index (κ3) is 3.40. The Morgan fingerprint density at radius 2 is 1.96 bits per heavy atom. The van der Waals surface area contributed by atoms with E-state index in [1.54, 1.807) is 24.3 Å². The van der Waals surface area contributed by atoms with Crippen LogP contribution < -0.4 is 10.2 Å². The van der Waals surface area contributed by atoms with Gasteiger partial charge in [-0.25, -0.2) is 0 Å². The molecule has 0 radical (unpaired) electrons. The van der Waals surface area contributed by atoms with Crippen molar-refractivity contribution < 1.29 is 9.59 Å². The van der Waals surface area contributed by atoms with Gasteiger partial charge in [-0.15, -0.1) is 0 Å². The van der Waals surface area contributed by atoms with Gasteiger partial charge in [0.2, 0.25) is 5.91 Å². The number of nitrogens with one attached hydrogen (secondary N) is 1. The number of hydrogen-bond acceptors (Lipinski definition) is 2. The van der Waals surface area contributed by atoms with E-state index in [0.717, 1.165) is 37.9 Å². The van der Waals surface area contributed by atoms with Gasteiger partial charge in [0.1, 0.15) is 0 Å². The zero-order chi connectivity index (χ0) is 17.4. The third-order valence-electron chi connectivity index (χ3n) is 4.74. The minimum atomic E-state index is -0.210. The number of amides is 2. The molecule has 0 atom stereocenters. The molecule has 4 nitrogen and oxygen atoms in total. The van der Waals surface area contributed by atoms with E-state index in [-0.39, 0.29) is 17.7 Å². The van der Waals surface area contributed by atoms with Gasteiger partial charge in [0, 0.05) is 34.4 Å². The molecule has 1 aliphatic carbocycles. The van der Waals surface area contributed by atoms with Gasteiger partial charge in [-0.2, -0.15) is 0 Å². The molecule has 1 aliphatic heterocycles. The van der Waals surface area contributed by atoms with Crippen LogP contribution in [0.2, 0.25) is 5.02 Å². The van der Waals surface area contributed by atoms with Gasteiger partial charge >= 0.3 is 0 Å². The highest BCUT2D eigenvalue weighted by Crippen LogP contribution is 2.37. The van der Waals surface area contributed by atoms with Gasteiger partial charge in [0.05, 0.1) is 0 Å². The van der Waals surface area contributed by atoms with E-state index in [1.165, 1.54) is 5.56 Å². The summed E-state index contributed by atoms with van der Waals surface area (Å²) in [5.74, 6) is 0.202. The normalized spacial score (nSPS) is 16.3. The van der Waals surface area contributed by atoms with Crippen molar-refractivity contribution in [3.8, 4) is 0 Å². The van der Waals surface area contributed by atoms with Crippen LogP contribution in [-0.2, 0) is 11.2 Å². The lowest BCUT2D eigenvalue weighted by molar-refractivity contribution is -0.119. The van der Waals surface area contributed by atoms with Crippen molar-refractivity contribution in [2.75, 3.05) is 16.8 Å². The quantitative estimate of drug-likeness (QED) is 0.894. The lowest BCUT2D eigenvalue weighted by Gasteiger charge is -2.30. The third-order valence-corrected chi connectivity index (χ3v) is 4.98. The number of nitrogens with zero attached hydrogens (tertiary/aromatic N) is 1.